The highest BCUT2D eigenvalue weighted by molar-refractivity contribution is 6.31. The minimum absolute atomic E-state index is 0.0342. The molecule has 2 aromatic carbocycles. The van der Waals surface area contributed by atoms with E-state index in [-0.39, 0.29) is 23.1 Å². The Labute approximate surface area is 189 Å². The van der Waals surface area contributed by atoms with Crippen molar-refractivity contribution < 1.29 is 9.18 Å². The number of quaternary nitrogens is 1. The maximum absolute atomic E-state index is 14.3. The van der Waals surface area contributed by atoms with Gasteiger partial charge in [0.25, 0.3) is 0 Å². The summed E-state index contributed by atoms with van der Waals surface area (Å²) in [6, 6.07) is 13.0. The van der Waals surface area contributed by atoms with Crippen LogP contribution in [0.2, 0.25) is 5.02 Å². The summed E-state index contributed by atoms with van der Waals surface area (Å²) < 4.78 is 14.9. The monoisotopic (exact) mass is 444 g/mol. The number of benzene rings is 2. The normalized spacial score (nSPS) is 22.9. The van der Waals surface area contributed by atoms with Crippen molar-refractivity contribution in [1.82, 2.24) is 14.7 Å². The standard InChI is InChI=1S/C25H32ClFN3O/c1-29(2)24(31)19(14-18-6-4-5-7-22(18)26)16-30(3)17-25(10-12-28-13-11-25)21-15-20(27)8-9-23(21)30/h4-9,15,19,28H,10-14,16-17H2,1-3H3/q+1. The van der Waals surface area contributed by atoms with Gasteiger partial charge in [-0.2, -0.15) is 0 Å². The molecule has 0 aromatic heterocycles. The first-order valence-electron chi connectivity index (χ1n) is 11.0. The molecule has 4 nitrogen and oxygen atoms in total. The SMILES string of the molecule is CN(C)C(=O)C(Cc1ccccc1Cl)C[N+]1(C)CC2(CCNCC2)c2cc(F)ccc21. The molecule has 1 N–H and O–H groups in total. The number of fused-ring (bicyclic) bond motifs is 2. The van der Waals surface area contributed by atoms with Crippen molar-refractivity contribution in [3.63, 3.8) is 0 Å². The predicted molar refractivity (Wildman–Crippen MR) is 125 cm³/mol. The number of carbonyl (C=O) groups excluding carboxylic acids is 1. The summed E-state index contributed by atoms with van der Waals surface area (Å²) in [5.74, 6) is -0.286. The summed E-state index contributed by atoms with van der Waals surface area (Å²) in [5.41, 5.74) is 3.24. The van der Waals surface area contributed by atoms with Gasteiger partial charge < -0.3 is 10.2 Å². The zero-order valence-corrected chi connectivity index (χ0v) is 19.4. The van der Waals surface area contributed by atoms with E-state index in [4.69, 9.17) is 11.6 Å². The third-order valence-electron chi connectivity index (χ3n) is 7.16. The van der Waals surface area contributed by atoms with Gasteiger partial charge >= 0.3 is 0 Å². The molecule has 1 amide bonds. The Balaban J connectivity index is 1.71. The summed E-state index contributed by atoms with van der Waals surface area (Å²) in [6.07, 6.45) is 2.58. The van der Waals surface area contributed by atoms with Crippen LogP contribution >= 0.6 is 11.6 Å². The van der Waals surface area contributed by atoms with Crippen LogP contribution < -0.4 is 9.80 Å². The molecule has 2 aliphatic rings. The van der Waals surface area contributed by atoms with Crippen LogP contribution in [0.25, 0.3) is 0 Å². The van der Waals surface area contributed by atoms with Crippen LogP contribution in [0.3, 0.4) is 0 Å². The second-order valence-corrected chi connectivity index (χ2v) is 10.1. The van der Waals surface area contributed by atoms with Crippen LogP contribution in [0.1, 0.15) is 24.0 Å². The molecule has 1 saturated heterocycles. The second-order valence-electron chi connectivity index (χ2n) is 9.65. The molecular weight excluding hydrogens is 413 g/mol. The third kappa shape index (κ3) is 4.23. The summed E-state index contributed by atoms with van der Waals surface area (Å²) >= 11 is 6.44. The summed E-state index contributed by atoms with van der Waals surface area (Å²) in [5, 5.41) is 4.14. The molecule has 0 radical (unpaired) electrons. The first kappa shape index (κ1) is 22.3. The number of likely N-dealkylation sites (N-methyl/N-ethyl adjacent to an activating group) is 1. The molecule has 1 fully saturated rings. The maximum atomic E-state index is 14.3. The van der Waals surface area contributed by atoms with Crippen LogP contribution in [0.4, 0.5) is 10.1 Å². The van der Waals surface area contributed by atoms with Gasteiger partial charge in [0.2, 0.25) is 5.91 Å². The highest BCUT2D eigenvalue weighted by atomic mass is 35.5. The van der Waals surface area contributed by atoms with Gasteiger partial charge in [-0.3, -0.25) is 9.28 Å². The molecule has 4 rings (SSSR count). The van der Waals surface area contributed by atoms with Crippen molar-refractivity contribution in [1.29, 1.82) is 0 Å². The lowest BCUT2D eigenvalue weighted by Gasteiger charge is -2.38. The number of amides is 1. The van der Waals surface area contributed by atoms with Gasteiger partial charge in [0.05, 0.1) is 31.5 Å². The summed E-state index contributed by atoms with van der Waals surface area (Å²) in [4.78, 5) is 14.9. The van der Waals surface area contributed by atoms with Gasteiger partial charge in [0.15, 0.2) is 0 Å². The van der Waals surface area contributed by atoms with Gasteiger partial charge in [0, 0.05) is 30.7 Å². The van der Waals surface area contributed by atoms with Gasteiger partial charge in [-0.25, -0.2) is 4.39 Å². The van der Waals surface area contributed by atoms with Crippen molar-refractivity contribution in [2.75, 3.05) is 47.3 Å². The van der Waals surface area contributed by atoms with E-state index in [1.54, 1.807) is 17.0 Å². The first-order valence-corrected chi connectivity index (χ1v) is 11.4. The van der Waals surface area contributed by atoms with E-state index >= 15 is 0 Å². The fraction of sp³-hybridized carbons (Fsp3) is 0.480. The van der Waals surface area contributed by atoms with Crippen molar-refractivity contribution in [2.24, 2.45) is 5.92 Å². The molecule has 166 valence electrons. The smallest absolute Gasteiger partial charge is 0.231 e. The Morgan fingerprint density at radius 3 is 2.61 bits per heavy atom. The average molecular weight is 445 g/mol. The number of rotatable bonds is 5. The Kier molecular flexibility index (Phi) is 6.12. The summed E-state index contributed by atoms with van der Waals surface area (Å²) in [7, 11) is 5.82. The lowest BCUT2D eigenvalue weighted by atomic mass is 9.74. The van der Waals surface area contributed by atoms with Crippen molar-refractivity contribution >= 4 is 23.2 Å². The van der Waals surface area contributed by atoms with Gasteiger partial charge in [-0.1, -0.05) is 29.8 Å². The van der Waals surface area contributed by atoms with Crippen LogP contribution in [0.15, 0.2) is 42.5 Å². The first-order chi connectivity index (χ1) is 14.7. The highest BCUT2D eigenvalue weighted by Crippen LogP contribution is 2.49. The highest BCUT2D eigenvalue weighted by Gasteiger charge is 2.53. The molecule has 0 bridgehead atoms. The van der Waals surface area contributed by atoms with Gasteiger partial charge in [-0.15, -0.1) is 0 Å². The molecule has 1 spiro atoms. The number of carbonyl (C=O) groups is 1. The van der Waals surface area contributed by atoms with Gasteiger partial charge in [0.1, 0.15) is 11.5 Å². The molecule has 0 aliphatic carbocycles. The Morgan fingerprint density at radius 2 is 1.94 bits per heavy atom. The Bertz CT molecular complexity index is 973. The van der Waals surface area contributed by atoms with Crippen LogP contribution in [0, 0.1) is 11.7 Å². The number of hydrogen-bond donors (Lipinski definition) is 1. The largest absolute Gasteiger partial charge is 0.348 e. The Hall–Kier alpha value is -1.95. The molecular formula is C25H32ClFN3O+. The third-order valence-corrected chi connectivity index (χ3v) is 7.53. The van der Waals surface area contributed by atoms with Gasteiger partial charge in [-0.05, 0) is 56.1 Å². The van der Waals surface area contributed by atoms with E-state index < -0.39 is 0 Å². The average Bonchev–Trinajstić information content (AvgIpc) is 2.96. The molecule has 2 heterocycles. The van der Waals surface area contributed by atoms with Crippen molar-refractivity contribution in [3.8, 4) is 0 Å². The number of nitrogens with one attached hydrogen (secondary N) is 1. The second kappa shape index (κ2) is 8.53. The fourth-order valence-electron chi connectivity index (χ4n) is 5.75. The zero-order chi connectivity index (χ0) is 22.2. The number of nitrogens with zero attached hydrogens (tertiary/aromatic N) is 2. The molecule has 2 atom stereocenters. The van der Waals surface area contributed by atoms with Crippen LogP contribution in [0.5, 0.6) is 0 Å². The molecule has 6 heteroatoms. The van der Waals surface area contributed by atoms with Crippen LogP contribution in [-0.4, -0.2) is 58.1 Å². The van der Waals surface area contributed by atoms with E-state index in [1.165, 1.54) is 0 Å². The minimum atomic E-state index is -0.213. The van der Waals surface area contributed by atoms with E-state index in [9.17, 15) is 9.18 Å². The topological polar surface area (TPSA) is 32.3 Å². The van der Waals surface area contributed by atoms with E-state index in [1.807, 2.05) is 44.4 Å². The van der Waals surface area contributed by atoms with Crippen molar-refractivity contribution in [3.05, 3.63) is 64.4 Å². The number of hydrogen-bond acceptors (Lipinski definition) is 2. The molecule has 31 heavy (non-hydrogen) atoms. The predicted octanol–water partition coefficient (Wildman–Crippen LogP) is 4.00. The molecule has 2 unspecified atom stereocenters. The molecule has 0 saturated carbocycles. The summed E-state index contributed by atoms with van der Waals surface area (Å²) in [6.45, 7) is 3.44. The number of halogens is 2. The molecule has 2 aliphatic heterocycles. The van der Waals surface area contributed by atoms with Crippen LogP contribution in [-0.2, 0) is 16.6 Å². The van der Waals surface area contributed by atoms with Crippen molar-refractivity contribution in [2.45, 2.75) is 24.7 Å². The van der Waals surface area contributed by atoms with E-state index in [0.717, 1.165) is 49.3 Å². The molecule has 2 aromatic rings. The quantitative estimate of drug-likeness (QED) is 0.707. The zero-order valence-electron chi connectivity index (χ0n) is 18.6. The lowest BCUT2D eigenvalue weighted by Crippen LogP contribution is -2.54. The lowest BCUT2D eigenvalue weighted by molar-refractivity contribution is -0.133. The number of piperidine rings is 1. The van der Waals surface area contributed by atoms with E-state index in [0.29, 0.717) is 22.5 Å². The fourth-order valence-corrected chi connectivity index (χ4v) is 5.96. The Morgan fingerprint density at radius 1 is 1.23 bits per heavy atom. The minimum Gasteiger partial charge on any atom is -0.348 e. The van der Waals surface area contributed by atoms with E-state index in [2.05, 4.69) is 12.4 Å². The maximum Gasteiger partial charge on any atom is 0.231 e.